The lowest BCUT2D eigenvalue weighted by Gasteiger charge is -2.12. The van der Waals surface area contributed by atoms with Gasteiger partial charge >= 0.3 is 0 Å². The first kappa shape index (κ1) is 18.2. The third-order valence-electron chi connectivity index (χ3n) is 3.17. The van der Waals surface area contributed by atoms with Crippen LogP contribution in [0.3, 0.4) is 0 Å². The van der Waals surface area contributed by atoms with E-state index >= 15 is 0 Å². The molecule has 24 heavy (non-hydrogen) atoms. The molecule has 126 valence electrons. The number of hydrogen-bond acceptors (Lipinski definition) is 4. The maximum atomic E-state index is 12.4. The summed E-state index contributed by atoms with van der Waals surface area (Å²) >= 11 is 1.81. The van der Waals surface area contributed by atoms with Crippen LogP contribution >= 0.6 is 11.8 Å². The van der Waals surface area contributed by atoms with Gasteiger partial charge in [0.05, 0.1) is 5.69 Å². The molecule has 0 saturated heterocycles. The number of anilines is 1. The molecule has 1 aromatic carbocycles. The first-order valence-corrected chi connectivity index (χ1v) is 8.79. The van der Waals surface area contributed by atoms with Crippen molar-refractivity contribution in [2.45, 2.75) is 44.8 Å². The molecule has 0 aliphatic carbocycles. The van der Waals surface area contributed by atoms with Gasteiger partial charge < -0.3 is 5.32 Å². The Kier molecular flexibility index (Phi) is 6.15. The summed E-state index contributed by atoms with van der Waals surface area (Å²) in [6, 6.07) is 5.98. The molecule has 0 saturated carbocycles. The summed E-state index contributed by atoms with van der Waals surface area (Å²) in [5.74, 6) is -0.243. The first-order valence-electron chi connectivity index (χ1n) is 7.91. The van der Waals surface area contributed by atoms with Crippen molar-refractivity contribution in [3.63, 3.8) is 0 Å². The highest BCUT2D eigenvalue weighted by Crippen LogP contribution is 2.30. The Hall–Kier alpha value is -2.14. The zero-order valence-electron chi connectivity index (χ0n) is 14.8. The van der Waals surface area contributed by atoms with E-state index in [-0.39, 0.29) is 5.91 Å². The summed E-state index contributed by atoms with van der Waals surface area (Å²) in [4.78, 5) is 21.8. The van der Waals surface area contributed by atoms with E-state index in [9.17, 15) is 4.79 Å². The van der Waals surface area contributed by atoms with E-state index in [0.29, 0.717) is 16.6 Å². The van der Waals surface area contributed by atoms with Crippen LogP contribution in [-0.2, 0) is 0 Å². The third-order valence-corrected chi connectivity index (χ3v) is 4.27. The number of rotatable bonds is 5. The van der Waals surface area contributed by atoms with Crippen molar-refractivity contribution in [1.29, 1.82) is 0 Å². The molecular formula is C19H23N3OS. The molecule has 0 atom stereocenters. The van der Waals surface area contributed by atoms with Crippen molar-refractivity contribution in [3.05, 3.63) is 53.1 Å². The summed E-state index contributed by atoms with van der Waals surface area (Å²) in [7, 11) is 0. The highest BCUT2D eigenvalue weighted by Gasteiger charge is 2.12. The Bertz CT molecular complexity index is 765. The number of thioether (sulfide) groups is 1. The number of nitrogens with zero attached hydrogens (tertiary/aromatic N) is 2. The lowest BCUT2D eigenvalue weighted by atomic mass is 10.1. The molecule has 2 aromatic rings. The molecule has 4 nitrogen and oxygen atoms in total. The molecule has 0 spiro atoms. The van der Waals surface area contributed by atoms with E-state index in [1.807, 2.05) is 23.9 Å². The first-order chi connectivity index (χ1) is 11.4. The smallest absolute Gasteiger partial charge is 0.276 e. The van der Waals surface area contributed by atoms with Crippen LogP contribution < -0.4 is 5.32 Å². The van der Waals surface area contributed by atoms with Crippen molar-refractivity contribution >= 4 is 29.4 Å². The van der Waals surface area contributed by atoms with Crippen LogP contribution in [0.15, 0.2) is 41.1 Å². The SMILES string of the molecule is CC(C)=Cc1cc(NC(=O)c2nccnc2C)ccc1SC(C)C. The molecule has 5 heteroatoms. The predicted molar refractivity (Wildman–Crippen MR) is 101 cm³/mol. The monoisotopic (exact) mass is 341 g/mol. The number of hydrogen-bond donors (Lipinski definition) is 1. The van der Waals surface area contributed by atoms with Crippen LogP contribution in [0.5, 0.6) is 0 Å². The van der Waals surface area contributed by atoms with E-state index in [2.05, 4.69) is 55.1 Å². The van der Waals surface area contributed by atoms with E-state index < -0.39 is 0 Å². The lowest BCUT2D eigenvalue weighted by molar-refractivity contribution is 0.102. The van der Waals surface area contributed by atoms with Gasteiger partial charge in [-0.05, 0) is 44.5 Å². The lowest BCUT2D eigenvalue weighted by Crippen LogP contribution is -2.16. The fraction of sp³-hybridized carbons (Fsp3) is 0.316. The summed E-state index contributed by atoms with van der Waals surface area (Å²) < 4.78 is 0. The Morgan fingerprint density at radius 2 is 1.92 bits per heavy atom. The topological polar surface area (TPSA) is 54.9 Å². The number of amides is 1. The van der Waals surface area contributed by atoms with E-state index in [0.717, 1.165) is 11.3 Å². The van der Waals surface area contributed by atoms with Crippen molar-refractivity contribution < 1.29 is 4.79 Å². The van der Waals surface area contributed by atoms with E-state index in [4.69, 9.17) is 0 Å². The number of allylic oxidation sites excluding steroid dienone is 1. The minimum Gasteiger partial charge on any atom is -0.321 e. The zero-order chi connectivity index (χ0) is 17.7. The average molecular weight is 341 g/mol. The summed E-state index contributed by atoms with van der Waals surface area (Å²) in [5, 5.41) is 3.41. The van der Waals surface area contributed by atoms with Crippen LogP contribution in [0.2, 0.25) is 0 Å². The highest BCUT2D eigenvalue weighted by atomic mass is 32.2. The van der Waals surface area contributed by atoms with Crippen LogP contribution in [0.4, 0.5) is 5.69 Å². The second-order valence-electron chi connectivity index (χ2n) is 6.09. The van der Waals surface area contributed by atoms with E-state index in [1.54, 1.807) is 13.1 Å². The van der Waals surface area contributed by atoms with Crippen molar-refractivity contribution in [1.82, 2.24) is 9.97 Å². The molecule has 0 radical (unpaired) electrons. The number of carbonyl (C=O) groups is 1. The number of aryl methyl sites for hydroxylation is 1. The van der Waals surface area contributed by atoms with Gasteiger partial charge in [0.25, 0.3) is 5.91 Å². The quantitative estimate of drug-likeness (QED) is 0.781. The van der Waals surface area contributed by atoms with Crippen LogP contribution in [0.25, 0.3) is 6.08 Å². The summed E-state index contributed by atoms with van der Waals surface area (Å²) in [6.07, 6.45) is 5.24. The minimum absolute atomic E-state index is 0.243. The van der Waals surface area contributed by atoms with Gasteiger partial charge in [0.2, 0.25) is 0 Å². The van der Waals surface area contributed by atoms with Crippen molar-refractivity contribution in [2.75, 3.05) is 5.32 Å². The average Bonchev–Trinajstić information content (AvgIpc) is 2.49. The van der Waals surface area contributed by atoms with Gasteiger partial charge in [-0.1, -0.05) is 25.5 Å². The molecule has 1 heterocycles. The standard InChI is InChI=1S/C19H23N3OS/c1-12(2)10-15-11-16(6-7-17(15)24-13(3)4)22-19(23)18-14(5)20-8-9-21-18/h6-11,13H,1-5H3,(H,22,23). The molecule has 0 aliphatic heterocycles. The molecule has 1 amide bonds. The normalized spacial score (nSPS) is 10.6. The molecule has 0 fully saturated rings. The number of aromatic nitrogens is 2. The molecule has 1 N–H and O–H groups in total. The van der Waals surface area contributed by atoms with Gasteiger partial charge in [0.15, 0.2) is 0 Å². The van der Waals surface area contributed by atoms with Gasteiger partial charge in [0, 0.05) is 28.2 Å². The second kappa shape index (κ2) is 8.11. The van der Waals surface area contributed by atoms with Crippen LogP contribution in [0.1, 0.15) is 49.4 Å². The summed E-state index contributed by atoms with van der Waals surface area (Å²) in [6.45, 7) is 10.3. The zero-order valence-corrected chi connectivity index (χ0v) is 15.6. The molecule has 2 rings (SSSR count). The Morgan fingerprint density at radius 3 is 2.54 bits per heavy atom. The van der Waals surface area contributed by atoms with E-state index in [1.165, 1.54) is 16.7 Å². The molecule has 0 bridgehead atoms. The minimum atomic E-state index is -0.243. The maximum Gasteiger partial charge on any atom is 0.276 e. The predicted octanol–water partition coefficient (Wildman–Crippen LogP) is 4.96. The second-order valence-corrected chi connectivity index (χ2v) is 7.70. The van der Waals surface area contributed by atoms with Gasteiger partial charge in [-0.15, -0.1) is 11.8 Å². The Labute approximate surface area is 147 Å². The molecule has 1 aromatic heterocycles. The maximum absolute atomic E-state index is 12.4. The van der Waals surface area contributed by atoms with Crippen LogP contribution in [-0.4, -0.2) is 21.1 Å². The number of benzene rings is 1. The van der Waals surface area contributed by atoms with Gasteiger partial charge in [-0.3, -0.25) is 9.78 Å². The van der Waals surface area contributed by atoms with Gasteiger partial charge in [-0.2, -0.15) is 0 Å². The number of carbonyl (C=O) groups excluding carboxylic acids is 1. The molecule has 0 unspecified atom stereocenters. The van der Waals surface area contributed by atoms with Gasteiger partial charge in [0.1, 0.15) is 5.69 Å². The van der Waals surface area contributed by atoms with Crippen molar-refractivity contribution in [3.8, 4) is 0 Å². The molecule has 0 aliphatic rings. The highest BCUT2D eigenvalue weighted by molar-refractivity contribution is 8.00. The molecular weight excluding hydrogens is 318 g/mol. The fourth-order valence-electron chi connectivity index (χ4n) is 2.23. The van der Waals surface area contributed by atoms with Crippen LogP contribution in [0, 0.1) is 6.92 Å². The fourth-order valence-corrected chi connectivity index (χ4v) is 3.14. The van der Waals surface area contributed by atoms with Gasteiger partial charge in [-0.25, -0.2) is 4.98 Å². The number of nitrogens with one attached hydrogen (secondary N) is 1. The Balaban J connectivity index is 2.29. The summed E-state index contributed by atoms with van der Waals surface area (Å²) in [5.41, 5.74) is 4.05. The Morgan fingerprint density at radius 1 is 1.21 bits per heavy atom. The van der Waals surface area contributed by atoms with Crippen molar-refractivity contribution in [2.24, 2.45) is 0 Å². The third kappa shape index (κ3) is 4.93. The largest absolute Gasteiger partial charge is 0.321 e.